The molecule has 96 valence electrons. The highest BCUT2D eigenvalue weighted by atomic mass is 16.3. The van der Waals surface area contributed by atoms with Crippen LogP contribution < -0.4 is 5.32 Å². The second kappa shape index (κ2) is 4.94. The van der Waals surface area contributed by atoms with E-state index < -0.39 is 0 Å². The van der Waals surface area contributed by atoms with Gasteiger partial charge in [0.25, 0.3) is 0 Å². The monoisotopic (exact) mass is 244 g/mol. The highest BCUT2D eigenvalue weighted by Crippen LogP contribution is 2.34. The van der Waals surface area contributed by atoms with E-state index in [1.165, 1.54) is 12.0 Å². The van der Waals surface area contributed by atoms with Gasteiger partial charge >= 0.3 is 0 Å². The molecular weight excluding hydrogens is 224 g/mol. The highest BCUT2D eigenvalue weighted by Gasteiger charge is 2.21. The molecule has 1 N–H and O–H groups in total. The molecule has 2 rings (SSSR count). The zero-order valence-corrected chi connectivity index (χ0v) is 11.4. The van der Waals surface area contributed by atoms with E-state index in [0.717, 1.165) is 17.0 Å². The van der Waals surface area contributed by atoms with Crippen LogP contribution in [0.1, 0.15) is 32.0 Å². The maximum Gasteiger partial charge on any atom is 0.181 e. The number of hydrogen-bond donors (Lipinski definition) is 1. The molecule has 0 aliphatic carbocycles. The van der Waals surface area contributed by atoms with Crippen molar-refractivity contribution in [1.29, 1.82) is 0 Å². The number of nitrogens with one attached hydrogen (secondary N) is 1. The number of oxazole rings is 1. The third kappa shape index (κ3) is 2.46. The van der Waals surface area contributed by atoms with Gasteiger partial charge in [-0.3, -0.25) is 0 Å². The molecule has 1 aromatic heterocycles. The molecule has 0 radical (unpaired) electrons. The van der Waals surface area contributed by atoms with Crippen LogP contribution in [0.4, 0.5) is 0 Å². The molecule has 0 aliphatic rings. The molecule has 3 nitrogen and oxygen atoms in total. The Bertz CT molecular complexity index is 523. The van der Waals surface area contributed by atoms with Crippen LogP contribution in [0.5, 0.6) is 0 Å². The third-order valence-electron chi connectivity index (χ3n) is 2.97. The number of rotatable bonds is 3. The first kappa shape index (κ1) is 12.8. The summed E-state index contributed by atoms with van der Waals surface area (Å²) >= 11 is 0. The summed E-state index contributed by atoms with van der Waals surface area (Å²) in [5.74, 6) is 0.870. The van der Waals surface area contributed by atoms with Gasteiger partial charge in [-0.05, 0) is 18.0 Å². The van der Waals surface area contributed by atoms with Crippen LogP contribution in [0.2, 0.25) is 0 Å². The molecule has 0 spiro atoms. The minimum Gasteiger partial charge on any atom is -0.443 e. The van der Waals surface area contributed by atoms with E-state index in [-0.39, 0.29) is 5.41 Å². The summed E-state index contributed by atoms with van der Waals surface area (Å²) < 4.78 is 5.59. The molecule has 0 aliphatic heterocycles. The summed E-state index contributed by atoms with van der Waals surface area (Å²) in [6.07, 6.45) is 1.52. The van der Waals surface area contributed by atoms with Crippen molar-refractivity contribution in [2.45, 2.75) is 32.7 Å². The van der Waals surface area contributed by atoms with E-state index in [1.807, 2.05) is 13.1 Å². The Balaban J connectivity index is 2.54. The summed E-state index contributed by atoms with van der Waals surface area (Å²) in [5, 5.41) is 3.12. The van der Waals surface area contributed by atoms with Crippen molar-refractivity contribution in [1.82, 2.24) is 10.3 Å². The Morgan fingerprint density at radius 3 is 2.61 bits per heavy atom. The normalized spacial score (nSPS) is 11.8. The summed E-state index contributed by atoms with van der Waals surface area (Å²) in [5.41, 5.74) is 3.45. The fourth-order valence-electron chi connectivity index (χ4n) is 2.12. The van der Waals surface area contributed by atoms with Crippen LogP contribution in [0, 0.1) is 0 Å². The fourth-order valence-corrected chi connectivity index (χ4v) is 2.12. The fraction of sp³-hybridized carbons (Fsp3) is 0.400. The van der Waals surface area contributed by atoms with E-state index in [1.54, 1.807) is 0 Å². The van der Waals surface area contributed by atoms with Gasteiger partial charge in [0.2, 0.25) is 0 Å². The highest BCUT2D eigenvalue weighted by molar-refractivity contribution is 5.65. The van der Waals surface area contributed by atoms with Crippen LogP contribution in [0.25, 0.3) is 11.3 Å². The largest absolute Gasteiger partial charge is 0.443 e. The molecule has 1 heterocycles. The van der Waals surface area contributed by atoms with E-state index in [2.05, 4.69) is 49.3 Å². The molecule has 2 aromatic rings. The molecule has 0 bridgehead atoms. The van der Waals surface area contributed by atoms with Crippen LogP contribution in [0.3, 0.4) is 0 Å². The van der Waals surface area contributed by atoms with Crippen LogP contribution in [0.15, 0.2) is 35.1 Å². The lowest BCUT2D eigenvalue weighted by Gasteiger charge is -2.22. The Hall–Kier alpha value is -1.61. The van der Waals surface area contributed by atoms with Gasteiger partial charge in [0, 0.05) is 12.1 Å². The van der Waals surface area contributed by atoms with Gasteiger partial charge in [-0.25, -0.2) is 4.98 Å². The van der Waals surface area contributed by atoms with Crippen LogP contribution in [-0.2, 0) is 12.0 Å². The van der Waals surface area contributed by atoms with Crippen molar-refractivity contribution in [2.75, 3.05) is 7.05 Å². The lowest BCUT2D eigenvalue weighted by molar-refractivity contribution is 0.558. The van der Waals surface area contributed by atoms with Crippen molar-refractivity contribution >= 4 is 0 Å². The smallest absolute Gasteiger partial charge is 0.181 e. The quantitative estimate of drug-likeness (QED) is 0.899. The average molecular weight is 244 g/mol. The van der Waals surface area contributed by atoms with Gasteiger partial charge in [-0.1, -0.05) is 45.0 Å². The Labute approximate surface area is 108 Å². The first-order valence-electron chi connectivity index (χ1n) is 6.21. The summed E-state index contributed by atoms with van der Waals surface area (Å²) in [7, 11) is 1.91. The van der Waals surface area contributed by atoms with E-state index in [4.69, 9.17) is 4.42 Å². The molecule has 1 aromatic carbocycles. The summed E-state index contributed by atoms with van der Waals surface area (Å²) in [6.45, 7) is 7.34. The number of aromatic nitrogens is 1. The standard InChI is InChI=1S/C15H20N2O/c1-15(2,3)12-8-6-5-7-11(12)14-13(9-16-4)17-10-18-14/h5-8,10,16H,9H2,1-4H3. The van der Waals surface area contributed by atoms with E-state index >= 15 is 0 Å². The Kier molecular flexibility index (Phi) is 3.53. The van der Waals surface area contributed by atoms with Crippen molar-refractivity contribution in [2.24, 2.45) is 0 Å². The second-order valence-electron chi connectivity index (χ2n) is 5.45. The van der Waals surface area contributed by atoms with Crippen molar-refractivity contribution in [3.05, 3.63) is 41.9 Å². The molecule has 0 amide bonds. The van der Waals surface area contributed by atoms with Crippen LogP contribution in [-0.4, -0.2) is 12.0 Å². The Morgan fingerprint density at radius 2 is 1.94 bits per heavy atom. The number of benzene rings is 1. The van der Waals surface area contributed by atoms with Gasteiger partial charge in [0.15, 0.2) is 12.2 Å². The molecule has 18 heavy (non-hydrogen) atoms. The lowest BCUT2D eigenvalue weighted by atomic mass is 9.83. The zero-order chi connectivity index (χ0) is 13.2. The van der Waals surface area contributed by atoms with Crippen molar-refractivity contribution < 1.29 is 4.42 Å². The number of hydrogen-bond acceptors (Lipinski definition) is 3. The van der Waals surface area contributed by atoms with E-state index in [0.29, 0.717) is 6.54 Å². The van der Waals surface area contributed by atoms with Crippen molar-refractivity contribution in [3.63, 3.8) is 0 Å². The second-order valence-corrected chi connectivity index (χ2v) is 5.45. The predicted molar refractivity (Wildman–Crippen MR) is 73.4 cm³/mol. The van der Waals surface area contributed by atoms with Crippen molar-refractivity contribution in [3.8, 4) is 11.3 Å². The van der Waals surface area contributed by atoms with Gasteiger partial charge in [-0.15, -0.1) is 0 Å². The molecule has 0 fully saturated rings. The van der Waals surface area contributed by atoms with Crippen LogP contribution >= 0.6 is 0 Å². The molecule has 0 atom stereocenters. The van der Waals surface area contributed by atoms with Gasteiger partial charge in [-0.2, -0.15) is 0 Å². The van der Waals surface area contributed by atoms with Gasteiger partial charge in [0.1, 0.15) is 5.69 Å². The Morgan fingerprint density at radius 1 is 1.22 bits per heavy atom. The molecular formula is C15H20N2O. The first-order valence-corrected chi connectivity index (χ1v) is 6.21. The maximum absolute atomic E-state index is 5.59. The predicted octanol–water partition coefficient (Wildman–Crippen LogP) is 3.36. The third-order valence-corrected chi connectivity index (χ3v) is 2.97. The van der Waals surface area contributed by atoms with Gasteiger partial charge in [0.05, 0.1) is 0 Å². The summed E-state index contributed by atoms with van der Waals surface area (Å²) in [4.78, 5) is 4.28. The summed E-state index contributed by atoms with van der Waals surface area (Å²) in [6, 6.07) is 8.36. The van der Waals surface area contributed by atoms with Gasteiger partial charge < -0.3 is 9.73 Å². The zero-order valence-electron chi connectivity index (χ0n) is 11.4. The average Bonchev–Trinajstić information content (AvgIpc) is 2.77. The molecule has 3 heteroatoms. The SMILES string of the molecule is CNCc1ncoc1-c1ccccc1C(C)(C)C. The van der Waals surface area contributed by atoms with E-state index in [9.17, 15) is 0 Å². The lowest BCUT2D eigenvalue weighted by Crippen LogP contribution is -2.13. The minimum absolute atomic E-state index is 0.0836. The number of nitrogens with zero attached hydrogens (tertiary/aromatic N) is 1. The topological polar surface area (TPSA) is 38.1 Å². The molecule has 0 saturated heterocycles. The minimum atomic E-state index is 0.0836. The maximum atomic E-state index is 5.59. The first-order chi connectivity index (χ1) is 8.54. The molecule has 0 unspecified atom stereocenters. The molecule has 0 saturated carbocycles.